The van der Waals surface area contributed by atoms with Gasteiger partial charge in [-0.3, -0.25) is 0 Å². The molecule has 0 heterocycles. The van der Waals surface area contributed by atoms with E-state index in [4.69, 9.17) is 11.6 Å². The topological polar surface area (TPSA) is 18.5 Å². The van der Waals surface area contributed by atoms with Crippen molar-refractivity contribution in [2.75, 3.05) is 6.61 Å². The van der Waals surface area contributed by atoms with Crippen molar-refractivity contribution in [1.29, 1.82) is 0 Å². The molecule has 0 atom stereocenters. The summed E-state index contributed by atoms with van der Waals surface area (Å²) in [4.78, 5) is 0. The third-order valence-corrected chi connectivity index (χ3v) is 2.04. The molecular weight excluding hydrogens is 257 g/mol. The minimum Gasteiger partial charge on any atom is -0.406 e. The molecular formula is C11H9ClF3O2. The van der Waals surface area contributed by atoms with Crippen molar-refractivity contribution >= 4 is 17.7 Å². The molecule has 17 heavy (non-hydrogen) atoms. The molecule has 2 nitrogen and oxygen atoms in total. The van der Waals surface area contributed by atoms with Crippen molar-refractivity contribution in [3.8, 4) is 5.75 Å². The average molecular weight is 266 g/mol. The first-order valence-electron chi connectivity index (χ1n) is 4.51. The smallest absolute Gasteiger partial charge is 0.406 e. The first kappa shape index (κ1) is 13.9. The van der Waals surface area contributed by atoms with Crippen LogP contribution in [0.15, 0.2) is 24.3 Å². The molecule has 1 aromatic carbocycles. The van der Waals surface area contributed by atoms with Crippen molar-refractivity contribution in [3.05, 3.63) is 42.0 Å². The van der Waals surface area contributed by atoms with Gasteiger partial charge in [0.15, 0.2) is 0 Å². The summed E-state index contributed by atoms with van der Waals surface area (Å²) >= 11 is 5.78. The lowest BCUT2D eigenvalue weighted by molar-refractivity contribution is -0.274. The fourth-order valence-electron chi connectivity index (χ4n) is 1.08. The van der Waals surface area contributed by atoms with Gasteiger partial charge in [0.25, 0.3) is 0 Å². The van der Waals surface area contributed by atoms with Crippen LogP contribution in [0.1, 0.15) is 5.56 Å². The lowest BCUT2D eigenvalue weighted by Crippen LogP contribution is -2.17. The Kier molecular flexibility index (Phi) is 4.84. The van der Waals surface area contributed by atoms with Gasteiger partial charge < -0.3 is 9.47 Å². The van der Waals surface area contributed by atoms with E-state index < -0.39 is 6.36 Å². The van der Waals surface area contributed by atoms with Crippen LogP contribution in [0, 0.1) is 7.11 Å². The first-order chi connectivity index (χ1) is 7.92. The molecule has 0 spiro atoms. The Labute approximate surface area is 102 Å². The SMILES string of the molecule is [CH2]OC/C=C/c1ccc(OC(F)(F)F)cc1Cl. The maximum atomic E-state index is 11.9. The minimum absolute atomic E-state index is 0.159. The van der Waals surface area contributed by atoms with Gasteiger partial charge in [0.1, 0.15) is 5.75 Å². The lowest BCUT2D eigenvalue weighted by atomic mass is 10.2. The van der Waals surface area contributed by atoms with Crippen molar-refractivity contribution in [3.63, 3.8) is 0 Å². The van der Waals surface area contributed by atoms with Crippen molar-refractivity contribution < 1.29 is 22.6 Å². The second kappa shape index (κ2) is 5.93. The Morgan fingerprint density at radius 1 is 1.35 bits per heavy atom. The molecule has 0 aromatic heterocycles. The Hall–Kier alpha value is -1.20. The van der Waals surface area contributed by atoms with E-state index in [9.17, 15) is 13.2 Å². The summed E-state index contributed by atoms with van der Waals surface area (Å²) in [5.41, 5.74) is 0.568. The van der Waals surface area contributed by atoms with Crippen molar-refractivity contribution in [2.24, 2.45) is 0 Å². The van der Waals surface area contributed by atoms with Crippen LogP contribution in [0.25, 0.3) is 6.08 Å². The van der Waals surface area contributed by atoms with Crippen LogP contribution in [0.4, 0.5) is 13.2 Å². The number of benzene rings is 1. The van der Waals surface area contributed by atoms with Gasteiger partial charge in [0.2, 0.25) is 0 Å². The molecule has 1 rings (SSSR count). The monoisotopic (exact) mass is 265 g/mol. The zero-order valence-corrected chi connectivity index (χ0v) is 9.39. The molecule has 0 aliphatic carbocycles. The second-order valence-corrected chi connectivity index (χ2v) is 3.41. The largest absolute Gasteiger partial charge is 0.573 e. The number of ether oxygens (including phenoxy) is 2. The highest BCUT2D eigenvalue weighted by Crippen LogP contribution is 2.28. The maximum Gasteiger partial charge on any atom is 0.573 e. The van der Waals surface area contributed by atoms with E-state index in [1.807, 2.05) is 0 Å². The molecule has 0 fully saturated rings. The molecule has 0 saturated carbocycles. The van der Waals surface area contributed by atoms with E-state index in [0.717, 1.165) is 6.07 Å². The summed E-state index contributed by atoms with van der Waals surface area (Å²) in [6.07, 6.45) is -1.47. The maximum absolute atomic E-state index is 11.9. The molecule has 0 N–H and O–H groups in total. The van der Waals surface area contributed by atoms with Crippen LogP contribution < -0.4 is 4.74 Å². The molecule has 0 amide bonds. The second-order valence-electron chi connectivity index (χ2n) is 3.00. The standard InChI is InChI=1S/C11H9ClF3O2/c1-16-6-2-3-8-4-5-9(7-10(8)12)17-11(13,14)15/h2-5,7H,1,6H2/b3-2+. The van der Waals surface area contributed by atoms with Crippen LogP contribution in [-0.4, -0.2) is 13.0 Å². The average Bonchev–Trinajstić information content (AvgIpc) is 2.19. The van der Waals surface area contributed by atoms with Crippen molar-refractivity contribution in [2.45, 2.75) is 6.36 Å². The number of rotatable bonds is 4. The molecule has 1 aromatic rings. The summed E-state index contributed by atoms with van der Waals surface area (Å²) in [6.45, 7) is 0.289. The molecule has 0 bridgehead atoms. The van der Waals surface area contributed by atoms with E-state index in [2.05, 4.69) is 16.6 Å². The predicted octanol–water partition coefficient (Wildman–Crippen LogP) is 4.06. The van der Waals surface area contributed by atoms with Crippen molar-refractivity contribution in [1.82, 2.24) is 0 Å². The molecule has 1 radical (unpaired) electrons. The van der Waals surface area contributed by atoms with Gasteiger partial charge >= 0.3 is 6.36 Å². The third-order valence-electron chi connectivity index (χ3n) is 1.72. The van der Waals surface area contributed by atoms with Gasteiger partial charge in [0, 0.05) is 0 Å². The third kappa shape index (κ3) is 5.10. The van der Waals surface area contributed by atoms with E-state index in [-0.39, 0.29) is 17.4 Å². The summed E-state index contributed by atoms with van der Waals surface area (Å²) in [5.74, 6) is -0.354. The fourth-order valence-corrected chi connectivity index (χ4v) is 1.32. The Balaban J connectivity index is 2.79. The zero-order chi connectivity index (χ0) is 12.9. The number of hydrogen-bond acceptors (Lipinski definition) is 2. The Morgan fingerprint density at radius 3 is 2.59 bits per heavy atom. The van der Waals surface area contributed by atoms with Crippen LogP contribution >= 0.6 is 11.6 Å². The van der Waals surface area contributed by atoms with Crippen LogP contribution in [-0.2, 0) is 4.74 Å². The van der Waals surface area contributed by atoms with E-state index in [1.54, 1.807) is 12.2 Å². The van der Waals surface area contributed by atoms with Gasteiger partial charge in [-0.2, -0.15) is 0 Å². The van der Waals surface area contributed by atoms with E-state index in [0.29, 0.717) is 5.56 Å². The fraction of sp³-hybridized carbons (Fsp3) is 0.182. The number of alkyl halides is 3. The molecule has 0 aliphatic rings. The zero-order valence-electron chi connectivity index (χ0n) is 8.63. The summed E-state index contributed by atoms with van der Waals surface area (Å²) < 4.78 is 44.0. The Bertz CT molecular complexity index is 402. The predicted molar refractivity (Wildman–Crippen MR) is 58.5 cm³/mol. The lowest BCUT2D eigenvalue weighted by Gasteiger charge is -2.09. The normalized spacial score (nSPS) is 12.1. The highest BCUT2D eigenvalue weighted by atomic mass is 35.5. The summed E-state index contributed by atoms with van der Waals surface area (Å²) in [6, 6.07) is 3.70. The molecule has 6 heteroatoms. The molecule has 0 saturated heterocycles. The summed E-state index contributed by atoms with van der Waals surface area (Å²) in [5, 5.41) is 0.159. The van der Waals surface area contributed by atoms with Gasteiger partial charge in [-0.15, -0.1) is 13.2 Å². The van der Waals surface area contributed by atoms with Crippen LogP contribution in [0.5, 0.6) is 5.75 Å². The molecule has 0 unspecified atom stereocenters. The van der Waals surface area contributed by atoms with Crippen LogP contribution in [0.3, 0.4) is 0 Å². The highest BCUT2D eigenvalue weighted by Gasteiger charge is 2.31. The van der Waals surface area contributed by atoms with Gasteiger partial charge in [-0.05, 0) is 23.8 Å². The number of hydrogen-bond donors (Lipinski definition) is 0. The first-order valence-corrected chi connectivity index (χ1v) is 4.89. The van der Waals surface area contributed by atoms with Gasteiger partial charge in [0.05, 0.1) is 18.7 Å². The molecule has 93 valence electrons. The minimum atomic E-state index is -4.72. The number of halogens is 4. The Morgan fingerprint density at radius 2 is 2.06 bits per heavy atom. The highest BCUT2D eigenvalue weighted by molar-refractivity contribution is 6.32. The van der Waals surface area contributed by atoms with Gasteiger partial charge in [-0.1, -0.05) is 23.8 Å². The summed E-state index contributed by atoms with van der Waals surface area (Å²) in [7, 11) is 3.16. The van der Waals surface area contributed by atoms with E-state index >= 15 is 0 Å². The quantitative estimate of drug-likeness (QED) is 0.817. The molecule has 0 aliphatic heterocycles. The van der Waals surface area contributed by atoms with Crippen LogP contribution in [0.2, 0.25) is 5.02 Å². The van der Waals surface area contributed by atoms with Gasteiger partial charge in [-0.25, -0.2) is 0 Å². The van der Waals surface area contributed by atoms with E-state index in [1.165, 1.54) is 12.1 Å².